The van der Waals surface area contributed by atoms with Crippen LogP contribution in [0.5, 0.6) is 0 Å². The van der Waals surface area contributed by atoms with Gasteiger partial charge in [0.25, 0.3) is 0 Å². The summed E-state index contributed by atoms with van der Waals surface area (Å²) in [6.07, 6.45) is 4.24. The van der Waals surface area contributed by atoms with Gasteiger partial charge in [-0.15, -0.1) is 11.3 Å². The molecule has 0 spiro atoms. The summed E-state index contributed by atoms with van der Waals surface area (Å²) in [5.74, 6) is 1.59. The van der Waals surface area contributed by atoms with E-state index in [2.05, 4.69) is 36.3 Å². The van der Waals surface area contributed by atoms with Gasteiger partial charge in [0.2, 0.25) is 5.91 Å². The van der Waals surface area contributed by atoms with Crippen molar-refractivity contribution in [3.05, 3.63) is 22.4 Å². The number of piperidine rings is 1. The van der Waals surface area contributed by atoms with Gasteiger partial charge in [-0.05, 0) is 42.5 Å². The highest BCUT2D eigenvalue weighted by Crippen LogP contribution is 2.24. The van der Waals surface area contributed by atoms with Crippen LogP contribution in [0.3, 0.4) is 0 Å². The van der Waals surface area contributed by atoms with Crippen molar-refractivity contribution in [1.29, 1.82) is 0 Å². The predicted molar refractivity (Wildman–Crippen MR) is 76.8 cm³/mol. The molecule has 3 heteroatoms. The van der Waals surface area contributed by atoms with Crippen molar-refractivity contribution in [3.8, 4) is 0 Å². The summed E-state index contributed by atoms with van der Waals surface area (Å²) in [6, 6.07) is 4.35. The molecule has 0 atom stereocenters. The molecule has 1 amide bonds. The molecule has 1 aromatic rings. The molecule has 0 unspecified atom stereocenters. The Morgan fingerprint density at radius 3 is 2.72 bits per heavy atom. The van der Waals surface area contributed by atoms with Crippen molar-refractivity contribution in [2.75, 3.05) is 13.1 Å². The number of nitrogens with zero attached hydrogens (tertiary/aromatic N) is 1. The zero-order chi connectivity index (χ0) is 13.0. The first-order valence-corrected chi connectivity index (χ1v) is 7.83. The second-order valence-electron chi connectivity index (χ2n) is 5.71. The first-order chi connectivity index (χ1) is 8.65. The van der Waals surface area contributed by atoms with Gasteiger partial charge in [-0.25, -0.2) is 0 Å². The molecule has 0 bridgehead atoms. The summed E-state index contributed by atoms with van der Waals surface area (Å²) in [5.41, 5.74) is 0. The Bertz CT molecular complexity index is 364. The number of hydrogen-bond donors (Lipinski definition) is 0. The molecule has 1 aliphatic rings. The fourth-order valence-corrected chi connectivity index (χ4v) is 3.40. The minimum Gasteiger partial charge on any atom is -0.343 e. The highest BCUT2D eigenvalue weighted by molar-refractivity contribution is 7.09. The minimum atomic E-state index is 0.347. The molecular weight excluding hydrogens is 242 g/mol. The van der Waals surface area contributed by atoms with E-state index in [0.29, 0.717) is 18.2 Å². The van der Waals surface area contributed by atoms with Crippen LogP contribution in [0.25, 0.3) is 0 Å². The van der Waals surface area contributed by atoms with E-state index in [-0.39, 0.29) is 0 Å². The number of hydrogen-bond acceptors (Lipinski definition) is 2. The maximum Gasteiger partial charge on any atom is 0.222 e. The third-order valence-electron chi connectivity index (χ3n) is 3.62. The van der Waals surface area contributed by atoms with Crippen LogP contribution >= 0.6 is 11.3 Å². The molecule has 1 saturated heterocycles. The SMILES string of the molecule is CC(C)CC(=O)N1CCC(Cc2cccs2)CC1. The fourth-order valence-electron chi connectivity index (χ4n) is 2.58. The highest BCUT2D eigenvalue weighted by Gasteiger charge is 2.23. The van der Waals surface area contributed by atoms with E-state index in [1.807, 2.05) is 11.3 Å². The van der Waals surface area contributed by atoms with Crippen LogP contribution in [0, 0.1) is 11.8 Å². The van der Waals surface area contributed by atoms with E-state index in [1.54, 1.807) is 0 Å². The lowest BCUT2D eigenvalue weighted by atomic mass is 9.92. The second-order valence-corrected chi connectivity index (χ2v) is 6.74. The average Bonchev–Trinajstić information content (AvgIpc) is 2.82. The van der Waals surface area contributed by atoms with Crippen LogP contribution in [-0.2, 0) is 11.2 Å². The topological polar surface area (TPSA) is 20.3 Å². The Labute approximate surface area is 114 Å². The Morgan fingerprint density at radius 1 is 1.44 bits per heavy atom. The van der Waals surface area contributed by atoms with Gasteiger partial charge in [0, 0.05) is 24.4 Å². The number of thiophene rings is 1. The molecule has 0 aliphatic carbocycles. The van der Waals surface area contributed by atoms with Crippen molar-refractivity contribution in [2.24, 2.45) is 11.8 Å². The normalized spacial score (nSPS) is 17.4. The predicted octanol–water partition coefficient (Wildman–Crippen LogP) is 3.58. The largest absolute Gasteiger partial charge is 0.343 e. The quantitative estimate of drug-likeness (QED) is 0.815. The van der Waals surface area contributed by atoms with Crippen molar-refractivity contribution >= 4 is 17.2 Å². The number of carbonyl (C=O) groups excluding carboxylic acids is 1. The van der Waals surface area contributed by atoms with Gasteiger partial charge >= 0.3 is 0 Å². The van der Waals surface area contributed by atoms with Crippen LogP contribution in [0.4, 0.5) is 0 Å². The monoisotopic (exact) mass is 265 g/mol. The van der Waals surface area contributed by atoms with E-state index >= 15 is 0 Å². The van der Waals surface area contributed by atoms with Gasteiger partial charge in [0.1, 0.15) is 0 Å². The summed E-state index contributed by atoms with van der Waals surface area (Å²) < 4.78 is 0. The molecule has 1 aromatic heterocycles. The average molecular weight is 265 g/mol. The van der Waals surface area contributed by atoms with E-state index in [1.165, 1.54) is 24.1 Å². The lowest BCUT2D eigenvalue weighted by molar-refractivity contribution is -0.133. The molecule has 2 nitrogen and oxygen atoms in total. The van der Waals surface area contributed by atoms with Gasteiger partial charge in [0.15, 0.2) is 0 Å². The van der Waals surface area contributed by atoms with Crippen LogP contribution in [0.2, 0.25) is 0 Å². The molecular formula is C15H23NOS. The number of carbonyl (C=O) groups is 1. The zero-order valence-electron chi connectivity index (χ0n) is 11.4. The molecule has 0 saturated carbocycles. The Kier molecular flexibility index (Phi) is 4.81. The molecule has 0 aromatic carbocycles. The number of likely N-dealkylation sites (tertiary alicyclic amines) is 1. The summed E-state index contributed by atoms with van der Waals surface area (Å²) in [4.78, 5) is 15.5. The molecule has 1 aliphatic heterocycles. The van der Waals surface area contributed by atoms with Crippen molar-refractivity contribution in [2.45, 2.75) is 39.5 Å². The van der Waals surface area contributed by atoms with Crippen LogP contribution < -0.4 is 0 Å². The minimum absolute atomic E-state index is 0.347. The molecule has 0 radical (unpaired) electrons. The van der Waals surface area contributed by atoms with E-state index < -0.39 is 0 Å². The summed E-state index contributed by atoms with van der Waals surface area (Å²) >= 11 is 1.85. The summed E-state index contributed by atoms with van der Waals surface area (Å²) in [7, 11) is 0. The maximum atomic E-state index is 12.0. The Balaban J connectivity index is 1.76. The van der Waals surface area contributed by atoms with Crippen molar-refractivity contribution in [1.82, 2.24) is 4.90 Å². The Hall–Kier alpha value is -0.830. The zero-order valence-corrected chi connectivity index (χ0v) is 12.2. The van der Waals surface area contributed by atoms with Crippen LogP contribution in [0.15, 0.2) is 17.5 Å². The lowest BCUT2D eigenvalue weighted by Gasteiger charge is -2.32. The molecule has 2 heterocycles. The van der Waals surface area contributed by atoms with Crippen molar-refractivity contribution in [3.63, 3.8) is 0 Å². The van der Waals surface area contributed by atoms with Crippen molar-refractivity contribution < 1.29 is 4.79 Å². The van der Waals surface area contributed by atoms with Gasteiger partial charge in [-0.1, -0.05) is 19.9 Å². The van der Waals surface area contributed by atoms with Gasteiger partial charge in [0.05, 0.1) is 0 Å². The molecule has 100 valence electrons. The van der Waals surface area contributed by atoms with Crippen LogP contribution in [0.1, 0.15) is 38.0 Å². The number of rotatable bonds is 4. The standard InChI is InChI=1S/C15H23NOS/c1-12(2)10-15(17)16-7-5-13(6-8-16)11-14-4-3-9-18-14/h3-4,9,12-13H,5-8,10-11H2,1-2H3. The fraction of sp³-hybridized carbons (Fsp3) is 0.667. The maximum absolute atomic E-state index is 12.0. The molecule has 2 rings (SSSR count). The Morgan fingerprint density at radius 2 is 2.17 bits per heavy atom. The number of amides is 1. The molecule has 18 heavy (non-hydrogen) atoms. The lowest BCUT2D eigenvalue weighted by Crippen LogP contribution is -2.39. The van der Waals surface area contributed by atoms with Gasteiger partial charge in [-0.2, -0.15) is 0 Å². The third kappa shape index (κ3) is 3.84. The van der Waals surface area contributed by atoms with Gasteiger partial charge < -0.3 is 4.90 Å². The third-order valence-corrected chi connectivity index (χ3v) is 4.52. The smallest absolute Gasteiger partial charge is 0.222 e. The van der Waals surface area contributed by atoms with E-state index in [9.17, 15) is 4.79 Å². The highest BCUT2D eigenvalue weighted by atomic mass is 32.1. The first-order valence-electron chi connectivity index (χ1n) is 6.95. The molecule has 1 fully saturated rings. The molecule has 0 N–H and O–H groups in total. The van der Waals surface area contributed by atoms with E-state index in [4.69, 9.17) is 0 Å². The summed E-state index contributed by atoms with van der Waals surface area (Å²) in [5, 5.41) is 2.15. The van der Waals surface area contributed by atoms with Gasteiger partial charge in [-0.3, -0.25) is 4.79 Å². The second kappa shape index (κ2) is 6.37. The van der Waals surface area contributed by atoms with E-state index in [0.717, 1.165) is 19.0 Å². The summed E-state index contributed by atoms with van der Waals surface area (Å²) in [6.45, 7) is 6.14. The van der Waals surface area contributed by atoms with Crippen LogP contribution in [-0.4, -0.2) is 23.9 Å². The first kappa shape index (κ1) is 13.6.